The first-order valence-corrected chi connectivity index (χ1v) is 10.7. The molecule has 28 heavy (non-hydrogen) atoms. The van der Waals surface area contributed by atoms with Gasteiger partial charge in [-0.15, -0.1) is 0 Å². The Hall–Kier alpha value is -2.15. The number of piperidine rings is 1. The normalized spacial score (nSPS) is 16.2. The van der Waals surface area contributed by atoms with Crippen LogP contribution < -0.4 is 15.0 Å². The fourth-order valence-electron chi connectivity index (χ4n) is 3.25. The van der Waals surface area contributed by atoms with Gasteiger partial charge in [0.05, 0.1) is 7.11 Å². The minimum Gasteiger partial charge on any atom is -0.497 e. The molecular formula is C21H30N4O2S. The van der Waals surface area contributed by atoms with Crippen LogP contribution in [0.2, 0.25) is 0 Å². The van der Waals surface area contributed by atoms with Gasteiger partial charge in [0.2, 0.25) is 11.0 Å². The summed E-state index contributed by atoms with van der Waals surface area (Å²) in [5.74, 6) is 2.42. The van der Waals surface area contributed by atoms with E-state index in [9.17, 15) is 4.79 Å². The van der Waals surface area contributed by atoms with Crippen LogP contribution in [0.1, 0.15) is 45.0 Å². The van der Waals surface area contributed by atoms with E-state index < -0.39 is 0 Å². The van der Waals surface area contributed by atoms with Crippen molar-refractivity contribution in [2.45, 2.75) is 46.1 Å². The molecule has 1 fully saturated rings. The number of aromatic nitrogens is 2. The van der Waals surface area contributed by atoms with Crippen molar-refractivity contribution in [3.8, 4) is 5.75 Å². The van der Waals surface area contributed by atoms with Crippen molar-refractivity contribution < 1.29 is 9.53 Å². The zero-order valence-corrected chi connectivity index (χ0v) is 18.0. The first kappa shape index (κ1) is 20.6. The molecule has 0 spiro atoms. The molecule has 0 bridgehead atoms. The molecule has 0 aliphatic carbocycles. The van der Waals surface area contributed by atoms with Gasteiger partial charge in [-0.2, -0.15) is 4.37 Å². The minimum atomic E-state index is 0.0987. The molecule has 6 nitrogen and oxygen atoms in total. The Bertz CT molecular complexity index is 784. The summed E-state index contributed by atoms with van der Waals surface area (Å²) in [5, 5.41) is 4.10. The van der Waals surface area contributed by atoms with Crippen LogP contribution in [-0.4, -0.2) is 41.5 Å². The second kappa shape index (κ2) is 9.37. The summed E-state index contributed by atoms with van der Waals surface area (Å²) in [5.41, 5.74) is 1.14. The zero-order valence-electron chi connectivity index (χ0n) is 17.1. The number of hydrogen-bond acceptors (Lipinski definition) is 6. The summed E-state index contributed by atoms with van der Waals surface area (Å²) < 4.78 is 9.80. The number of benzene rings is 1. The van der Waals surface area contributed by atoms with E-state index in [4.69, 9.17) is 9.72 Å². The van der Waals surface area contributed by atoms with E-state index in [-0.39, 0.29) is 17.9 Å². The number of anilines is 1. The van der Waals surface area contributed by atoms with E-state index in [2.05, 4.69) is 41.4 Å². The van der Waals surface area contributed by atoms with Gasteiger partial charge in [0, 0.05) is 43.0 Å². The lowest BCUT2D eigenvalue weighted by Gasteiger charge is -2.31. The molecule has 1 aliphatic rings. The van der Waals surface area contributed by atoms with Gasteiger partial charge in [-0.3, -0.25) is 4.79 Å². The lowest BCUT2D eigenvalue weighted by molar-refractivity contribution is -0.126. The van der Waals surface area contributed by atoms with Gasteiger partial charge in [-0.25, -0.2) is 4.98 Å². The Morgan fingerprint density at radius 2 is 2.07 bits per heavy atom. The third-order valence-electron chi connectivity index (χ3n) is 5.46. The highest BCUT2D eigenvalue weighted by atomic mass is 32.1. The minimum absolute atomic E-state index is 0.0987. The van der Waals surface area contributed by atoms with Crippen molar-refractivity contribution >= 4 is 22.6 Å². The van der Waals surface area contributed by atoms with Crippen molar-refractivity contribution in [2.75, 3.05) is 25.1 Å². The third kappa shape index (κ3) is 5.22. The number of carbonyl (C=O) groups excluding carboxylic acids is 1. The van der Waals surface area contributed by atoms with Crippen LogP contribution >= 0.6 is 11.5 Å². The monoisotopic (exact) mass is 402 g/mol. The molecule has 0 radical (unpaired) electrons. The average Bonchev–Trinajstić information content (AvgIpc) is 3.16. The van der Waals surface area contributed by atoms with E-state index >= 15 is 0 Å². The number of nitrogens with zero attached hydrogens (tertiary/aromatic N) is 3. The molecule has 3 rings (SSSR count). The highest BCUT2D eigenvalue weighted by Crippen LogP contribution is 2.26. The Balaban J connectivity index is 1.53. The first-order valence-electron chi connectivity index (χ1n) is 9.97. The average molecular weight is 403 g/mol. The Kier molecular flexibility index (Phi) is 6.88. The lowest BCUT2D eigenvalue weighted by atomic mass is 9.95. The van der Waals surface area contributed by atoms with Crippen molar-refractivity contribution in [2.24, 2.45) is 11.8 Å². The molecule has 7 heteroatoms. The summed E-state index contributed by atoms with van der Waals surface area (Å²) in [6, 6.07) is 8.21. The molecule has 2 aromatic rings. The van der Waals surface area contributed by atoms with Crippen LogP contribution in [0.5, 0.6) is 5.75 Å². The number of rotatable bonds is 7. The Morgan fingerprint density at radius 3 is 2.75 bits per heavy atom. The van der Waals surface area contributed by atoms with Crippen LogP contribution in [-0.2, 0) is 11.2 Å². The van der Waals surface area contributed by atoms with Gasteiger partial charge < -0.3 is 15.0 Å². The van der Waals surface area contributed by atoms with E-state index in [1.165, 1.54) is 11.5 Å². The van der Waals surface area contributed by atoms with E-state index in [1.807, 2.05) is 18.2 Å². The van der Waals surface area contributed by atoms with Crippen LogP contribution in [0.25, 0.3) is 0 Å². The standard InChI is InChI=1S/C21H30N4O2S/c1-14(2)15(3)22-20(26)17-8-10-25(11-9-17)21-23-19(24-28-21)13-16-6-5-7-18(12-16)27-4/h5-7,12,14-15,17H,8-11,13H2,1-4H3,(H,22,26). The highest BCUT2D eigenvalue weighted by molar-refractivity contribution is 7.09. The highest BCUT2D eigenvalue weighted by Gasteiger charge is 2.27. The van der Waals surface area contributed by atoms with Crippen molar-refractivity contribution in [1.29, 1.82) is 0 Å². The molecule has 1 aromatic carbocycles. The lowest BCUT2D eigenvalue weighted by Crippen LogP contribution is -2.44. The van der Waals surface area contributed by atoms with Crippen LogP contribution in [0.15, 0.2) is 24.3 Å². The molecule has 1 N–H and O–H groups in total. The van der Waals surface area contributed by atoms with Gasteiger partial charge in [-0.1, -0.05) is 26.0 Å². The van der Waals surface area contributed by atoms with Crippen molar-refractivity contribution in [3.05, 3.63) is 35.7 Å². The third-order valence-corrected chi connectivity index (χ3v) is 6.27. The second-order valence-corrected chi connectivity index (χ2v) is 8.55. The van der Waals surface area contributed by atoms with Crippen molar-refractivity contribution in [3.63, 3.8) is 0 Å². The molecule has 1 amide bonds. The predicted molar refractivity (Wildman–Crippen MR) is 113 cm³/mol. The maximum Gasteiger partial charge on any atom is 0.223 e. The maximum absolute atomic E-state index is 12.5. The first-order chi connectivity index (χ1) is 13.5. The second-order valence-electron chi connectivity index (χ2n) is 7.82. The molecule has 1 unspecified atom stereocenters. The number of hydrogen-bond donors (Lipinski definition) is 1. The largest absolute Gasteiger partial charge is 0.497 e. The summed E-state index contributed by atoms with van der Waals surface area (Å²) >= 11 is 1.44. The summed E-state index contributed by atoms with van der Waals surface area (Å²) in [6.07, 6.45) is 2.42. The van der Waals surface area contributed by atoms with Gasteiger partial charge in [0.25, 0.3) is 0 Å². The Labute approximate surface area is 171 Å². The summed E-state index contributed by atoms with van der Waals surface area (Å²) in [6.45, 7) is 8.03. The molecule has 152 valence electrons. The number of carbonyl (C=O) groups is 1. The van der Waals surface area contributed by atoms with E-state index in [0.29, 0.717) is 12.3 Å². The number of methoxy groups -OCH3 is 1. The molecule has 0 saturated carbocycles. The molecule has 1 aliphatic heterocycles. The number of amides is 1. The zero-order chi connectivity index (χ0) is 20.1. The molecule has 1 saturated heterocycles. The summed E-state index contributed by atoms with van der Waals surface area (Å²) in [4.78, 5) is 19.4. The molecule has 1 aromatic heterocycles. The van der Waals surface area contributed by atoms with Gasteiger partial charge in [0.15, 0.2) is 0 Å². The summed E-state index contributed by atoms with van der Waals surface area (Å²) in [7, 11) is 1.67. The predicted octanol–water partition coefficient (Wildman–Crippen LogP) is 3.51. The SMILES string of the molecule is COc1cccc(Cc2nsc(N3CCC(C(=O)NC(C)C(C)C)CC3)n2)c1. The van der Waals surface area contributed by atoms with E-state index in [0.717, 1.165) is 48.2 Å². The fourth-order valence-corrected chi connectivity index (χ4v) is 3.99. The van der Waals surface area contributed by atoms with Crippen LogP contribution in [0.4, 0.5) is 5.13 Å². The maximum atomic E-state index is 12.5. The topological polar surface area (TPSA) is 67.3 Å². The van der Waals surface area contributed by atoms with E-state index in [1.54, 1.807) is 7.11 Å². The van der Waals surface area contributed by atoms with Gasteiger partial charge in [-0.05, 0) is 43.4 Å². The van der Waals surface area contributed by atoms with Crippen LogP contribution in [0, 0.1) is 11.8 Å². The molecule has 2 heterocycles. The number of ether oxygens (including phenoxy) is 1. The molecule has 1 atom stereocenters. The smallest absolute Gasteiger partial charge is 0.223 e. The van der Waals surface area contributed by atoms with Crippen LogP contribution in [0.3, 0.4) is 0 Å². The van der Waals surface area contributed by atoms with Crippen molar-refractivity contribution in [1.82, 2.24) is 14.7 Å². The fraction of sp³-hybridized carbons (Fsp3) is 0.571. The van der Waals surface area contributed by atoms with Gasteiger partial charge in [0.1, 0.15) is 11.6 Å². The number of nitrogens with one attached hydrogen (secondary N) is 1. The van der Waals surface area contributed by atoms with Gasteiger partial charge >= 0.3 is 0 Å². The Morgan fingerprint density at radius 1 is 1.32 bits per heavy atom. The quantitative estimate of drug-likeness (QED) is 0.768. The molecular weight excluding hydrogens is 372 g/mol.